The van der Waals surface area contributed by atoms with E-state index in [1.54, 1.807) is 0 Å². The third-order valence-electron chi connectivity index (χ3n) is 4.56. The smallest absolute Gasteiger partial charge is 0.0644 e. The van der Waals surface area contributed by atoms with E-state index in [-0.39, 0.29) is 23.5 Å². The van der Waals surface area contributed by atoms with Crippen molar-refractivity contribution in [2.45, 2.75) is 67.0 Å². The Hall–Kier alpha value is -0.870. The van der Waals surface area contributed by atoms with Gasteiger partial charge in [0, 0.05) is 36.3 Å². The highest BCUT2D eigenvalue weighted by Gasteiger charge is 2.31. The molecule has 0 saturated carbocycles. The SMILES string of the molecule is CCC(NCC(C)(C)C(O)C(C)C)c1c(C)nn(C)c1C. The molecule has 0 aliphatic heterocycles. The molecule has 1 aromatic heterocycles. The van der Waals surface area contributed by atoms with Crippen molar-refractivity contribution in [3.8, 4) is 0 Å². The second kappa shape index (κ2) is 6.93. The van der Waals surface area contributed by atoms with E-state index in [2.05, 4.69) is 58.9 Å². The zero-order valence-corrected chi connectivity index (χ0v) is 15.0. The normalized spacial score (nSPS) is 15.5. The van der Waals surface area contributed by atoms with Gasteiger partial charge in [0.1, 0.15) is 0 Å². The minimum Gasteiger partial charge on any atom is -0.392 e. The lowest BCUT2D eigenvalue weighted by atomic mass is 9.80. The molecule has 0 spiro atoms. The Labute approximate surface area is 129 Å². The topological polar surface area (TPSA) is 50.1 Å². The fraction of sp³-hybridized carbons (Fsp3) is 0.824. The second-order valence-electron chi connectivity index (χ2n) is 7.23. The van der Waals surface area contributed by atoms with E-state index in [0.717, 1.165) is 18.7 Å². The summed E-state index contributed by atoms with van der Waals surface area (Å²) in [4.78, 5) is 0. The van der Waals surface area contributed by atoms with Crippen LogP contribution in [0.1, 0.15) is 64.0 Å². The molecule has 122 valence electrons. The summed E-state index contributed by atoms with van der Waals surface area (Å²) >= 11 is 0. The van der Waals surface area contributed by atoms with Gasteiger partial charge in [0.25, 0.3) is 0 Å². The Kier molecular flexibility index (Phi) is 6.00. The summed E-state index contributed by atoms with van der Waals surface area (Å²) in [5.74, 6) is 0.267. The van der Waals surface area contributed by atoms with Gasteiger partial charge in [0.2, 0.25) is 0 Å². The van der Waals surface area contributed by atoms with Gasteiger partial charge in [0.05, 0.1) is 11.8 Å². The molecular formula is C17H33N3O. The van der Waals surface area contributed by atoms with Crippen molar-refractivity contribution in [3.05, 3.63) is 17.0 Å². The van der Waals surface area contributed by atoms with Gasteiger partial charge in [-0.05, 0) is 26.2 Å². The number of nitrogens with one attached hydrogen (secondary N) is 1. The molecule has 2 N–H and O–H groups in total. The fourth-order valence-corrected chi connectivity index (χ4v) is 3.14. The Morgan fingerprint density at radius 3 is 2.24 bits per heavy atom. The number of hydrogen-bond acceptors (Lipinski definition) is 3. The molecule has 0 saturated heterocycles. The van der Waals surface area contributed by atoms with Crippen LogP contribution in [0.4, 0.5) is 0 Å². The summed E-state index contributed by atoms with van der Waals surface area (Å²) < 4.78 is 1.95. The molecule has 2 unspecified atom stereocenters. The van der Waals surface area contributed by atoms with Gasteiger partial charge >= 0.3 is 0 Å². The number of aliphatic hydroxyl groups is 1. The van der Waals surface area contributed by atoms with Crippen LogP contribution in [0.15, 0.2) is 0 Å². The summed E-state index contributed by atoms with van der Waals surface area (Å²) in [7, 11) is 1.99. The number of nitrogens with zero attached hydrogens (tertiary/aromatic N) is 2. The maximum Gasteiger partial charge on any atom is 0.0644 e. The first-order valence-electron chi connectivity index (χ1n) is 8.03. The third-order valence-corrected chi connectivity index (χ3v) is 4.56. The van der Waals surface area contributed by atoms with E-state index in [0.29, 0.717) is 0 Å². The molecule has 0 aliphatic carbocycles. The van der Waals surface area contributed by atoms with Crippen molar-refractivity contribution in [1.82, 2.24) is 15.1 Å². The first-order valence-corrected chi connectivity index (χ1v) is 8.03. The first-order chi connectivity index (χ1) is 9.61. The van der Waals surface area contributed by atoms with Crippen molar-refractivity contribution in [1.29, 1.82) is 0 Å². The summed E-state index contributed by atoms with van der Waals surface area (Å²) in [5.41, 5.74) is 3.46. The molecule has 21 heavy (non-hydrogen) atoms. The highest BCUT2D eigenvalue weighted by Crippen LogP contribution is 2.28. The van der Waals surface area contributed by atoms with Crippen LogP contribution < -0.4 is 5.32 Å². The maximum absolute atomic E-state index is 10.4. The molecule has 1 heterocycles. The monoisotopic (exact) mass is 295 g/mol. The van der Waals surface area contributed by atoms with E-state index in [4.69, 9.17) is 0 Å². The summed E-state index contributed by atoms with van der Waals surface area (Å²) in [6, 6.07) is 0.289. The number of rotatable bonds is 7. The Balaban J connectivity index is 2.84. The van der Waals surface area contributed by atoms with Crippen LogP contribution in [0.2, 0.25) is 0 Å². The van der Waals surface area contributed by atoms with Gasteiger partial charge in [0.15, 0.2) is 0 Å². The molecule has 1 rings (SSSR count). The van der Waals surface area contributed by atoms with Gasteiger partial charge in [-0.25, -0.2) is 0 Å². The molecule has 4 heteroatoms. The molecule has 0 fully saturated rings. The number of aromatic nitrogens is 2. The van der Waals surface area contributed by atoms with Crippen LogP contribution in [-0.2, 0) is 7.05 Å². The van der Waals surface area contributed by atoms with Crippen molar-refractivity contribution in [2.24, 2.45) is 18.4 Å². The lowest BCUT2D eigenvalue weighted by Gasteiger charge is -2.35. The predicted molar refractivity (Wildman–Crippen MR) is 88.3 cm³/mol. The van der Waals surface area contributed by atoms with E-state index in [9.17, 15) is 5.11 Å². The molecular weight excluding hydrogens is 262 g/mol. The predicted octanol–water partition coefficient (Wildman–Crippen LogP) is 3.12. The number of aliphatic hydroxyl groups excluding tert-OH is 1. The van der Waals surface area contributed by atoms with Crippen LogP contribution in [0, 0.1) is 25.2 Å². The van der Waals surface area contributed by atoms with Crippen LogP contribution in [0.5, 0.6) is 0 Å². The molecule has 2 atom stereocenters. The minimum atomic E-state index is -0.307. The Morgan fingerprint density at radius 2 is 1.86 bits per heavy atom. The molecule has 0 aliphatic rings. The van der Waals surface area contributed by atoms with Crippen LogP contribution in [0.25, 0.3) is 0 Å². The largest absolute Gasteiger partial charge is 0.392 e. The van der Waals surface area contributed by atoms with E-state index in [1.807, 2.05) is 11.7 Å². The Bertz CT molecular complexity index is 463. The Morgan fingerprint density at radius 1 is 1.29 bits per heavy atom. The molecule has 0 amide bonds. The van der Waals surface area contributed by atoms with E-state index in [1.165, 1.54) is 11.3 Å². The second-order valence-corrected chi connectivity index (χ2v) is 7.23. The summed E-state index contributed by atoms with van der Waals surface area (Å²) in [6.07, 6.45) is 0.708. The molecule has 1 aromatic rings. The van der Waals surface area contributed by atoms with Gasteiger partial charge < -0.3 is 10.4 Å². The minimum absolute atomic E-state index is 0.147. The highest BCUT2D eigenvalue weighted by atomic mass is 16.3. The van der Waals surface area contributed by atoms with Crippen LogP contribution in [-0.4, -0.2) is 27.5 Å². The van der Waals surface area contributed by atoms with Gasteiger partial charge in [-0.3, -0.25) is 4.68 Å². The number of hydrogen-bond donors (Lipinski definition) is 2. The summed E-state index contributed by atoms with van der Waals surface area (Å²) in [6.45, 7) is 15.6. The quantitative estimate of drug-likeness (QED) is 0.812. The molecule has 4 nitrogen and oxygen atoms in total. The molecule has 0 radical (unpaired) electrons. The molecule has 0 bridgehead atoms. The number of aryl methyl sites for hydroxylation is 2. The van der Waals surface area contributed by atoms with Crippen molar-refractivity contribution in [2.75, 3.05) is 6.54 Å². The van der Waals surface area contributed by atoms with Crippen LogP contribution >= 0.6 is 0 Å². The van der Waals surface area contributed by atoms with Crippen molar-refractivity contribution >= 4 is 0 Å². The van der Waals surface area contributed by atoms with Crippen LogP contribution in [0.3, 0.4) is 0 Å². The van der Waals surface area contributed by atoms with Gasteiger partial charge in [-0.2, -0.15) is 5.10 Å². The lowest BCUT2D eigenvalue weighted by Crippen LogP contribution is -2.42. The van der Waals surface area contributed by atoms with E-state index >= 15 is 0 Å². The first kappa shape index (κ1) is 18.2. The molecule has 0 aromatic carbocycles. The lowest BCUT2D eigenvalue weighted by molar-refractivity contribution is 0.0120. The highest BCUT2D eigenvalue weighted by molar-refractivity contribution is 5.28. The average molecular weight is 295 g/mol. The zero-order chi connectivity index (χ0) is 16.4. The average Bonchev–Trinajstić information content (AvgIpc) is 2.64. The maximum atomic E-state index is 10.4. The summed E-state index contributed by atoms with van der Waals surface area (Å²) in [5, 5.41) is 18.5. The standard InChI is InChI=1S/C17H33N3O/c1-9-14(15-12(4)19-20(8)13(15)5)18-10-17(6,7)16(21)11(2)3/h11,14,16,18,21H,9-10H2,1-8H3. The van der Waals surface area contributed by atoms with Gasteiger partial charge in [-0.1, -0.05) is 34.6 Å². The van der Waals surface area contributed by atoms with Gasteiger partial charge in [-0.15, -0.1) is 0 Å². The zero-order valence-electron chi connectivity index (χ0n) is 15.0. The fourth-order valence-electron chi connectivity index (χ4n) is 3.14. The van der Waals surface area contributed by atoms with Crippen molar-refractivity contribution < 1.29 is 5.11 Å². The van der Waals surface area contributed by atoms with Crippen molar-refractivity contribution in [3.63, 3.8) is 0 Å². The third kappa shape index (κ3) is 4.07. The van der Waals surface area contributed by atoms with E-state index < -0.39 is 0 Å².